The van der Waals surface area contributed by atoms with Crippen molar-refractivity contribution >= 4 is 5.91 Å². The normalized spacial score (nSPS) is 22.9. The number of hydrogen-bond acceptors (Lipinski definition) is 3. The Hall–Kier alpha value is -1.39. The summed E-state index contributed by atoms with van der Waals surface area (Å²) in [4.78, 5) is 17.0. The van der Waals surface area contributed by atoms with Gasteiger partial charge in [0.15, 0.2) is 0 Å². The minimum absolute atomic E-state index is 0.261. The molecule has 0 aliphatic carbocycles. The SMILES string of the molecule is NCc1ccc(CC(=O)N2CCC(N3CCCC3)C2)cc1. The van der Waals surface area contributed by atoms with Gasteiger partial charge in [-0.2, -0.15) is 0 Å². The molecule has 0 spiro atoms. The van der Waals surface area contributed by atoms with Crippen molar-refractivity contribution in [1.82, 2.24) is 9.80 Å². The molecule has 4 nitrogen and oxygen atoms in total. The zero-order valence-electron chi connectivity index (χ0n) is 12.6. The molecule has 1 aromatic rings. The predicted octanol–water partition coefficient (Wildman–Crippen LogP) is 1.38. The Morgan fingerprint density at radius 3 is 2.43 bits per heavy atom. The van der Waals surface area contributed by atoms with Crippen LogP contribution in [0, 0.1) is 0 Å². The fourth-order valence-corrected chi connectivity index (χ4v) is 3.45. The second kappa shape index (κ2) is 6.58. The van der Waals surface area contributed by atoms with Crippen LogP contribution in [0.15, 0.2) is 24.3 Å². The summed E-state index contributed by atoms with van der Waals surface area (Å²) < 4.78 is 0. The van der Waals surface area contributed by atoms with Gasteiger partial charge in [0, 0.05) is 25.7 Å². The van der Waals surface area contributed by atoms with Crippen molar-refractivity contribution < 1.29 is 4.79 Å². The number of nitrogens with zero attached hydrogens (tertiary/aromatic N) is 2. The van der Waals surface area contributed by atoms with E-state index in [9.17, 15) is 4.79 Å². The van der Waals surface area contributed by atoms with E-state index in [-0.39, 0.29) is 5.91 Å². The number of amides is 1. The molecule has 0 bridgehead atoms. The van der Waals surface area contributed by atoms with E-state index in [4.69, 9.17) is 5.73 Å². The molecule has 0 saturated carbocycles. The molecular weight excluding hydrogens is 262 g/mol. The molecule has 1 aromatic carbocycles. The highest BCUT2D eigenvalue weighted by Gasteiger charge is 2.31. The van der Waals surface area contributed by atoms with Gasteiger partial charge < -0.3 is 10.6 Å². The predicted molar refractivity (Wildman–Crippen MR) is 83.8 cm³/mol. The van der Waals surface area contributed by atoms with Gasteiger partial charge in [0.2, 0.25) is 5.91 Å². The third kappa shape index (κ3) is 3.44. The van der Waals surface area contributed by atoms with Crippen LogP contribution in [0.2, 0.25) is 0 Å². The van der Waals surface area contributed by atoms with Crippen molar-refractivity contribution in [3.8, 4) is 0 Å². The number of benzene rings is 1. The highest BCUT2D eigenvalue weighted by atomic mass is 16.2. The first-order chi connectivity index (χ1) is 10.3. The van der Waals surface area contributed by atoms with Crippen molar-refractivity contribution in [2.45, 2.75) is 38.3 Å². The molecule has 0 radical (unpaired) electrons. The van der Waals surface area contributed by atoms with E-state index in [1.54, 1.807) is 0 Å². The lowest BCUT2D eigenvalue weighted by atomic mass is 10.1. The molecule has 2 aliphatic rings. The Labute approximate surface area is 126 Å². The van der Waals surface area contributed by atoms with Crippen molar-refractivity contribution in [2.24, 2.45) is 5.73 Å². The fraction of sp³-hybridized carbons (Fsp3) is 0.588. The number of rotatable bonds is 4. The van der Waals surface area contributed by atoms with E-state index in [0.29, 0.717) is 19.0 Å². The maximum atomic E-state index is 12.4. The Morgan fingerprint density at radius 2 is 1.76 bits per heavy atom. The monoisotopic (exact) mass is 287 g/mol. The number of nitrogens with two attached hydrogens (primary N) is 1. The molecule has 3 rings (SSSR count). The largest absolute Gasteiger partial charge is 0.341 e. The minimum atomic E-state index is 0.261. The van der Waals surface area contributed by atoms with Gasteiger partial charge in [-0.1, -0.05) is 24.3 Å². The maximum absolute atomic E-state index is 12.4. The van der Waals surface area contributed by atoms with Crippen molar-refractivity contribution in [1.29, 1.82) is 0 Å². The summed E-state index contributed by atoms with van der Waals surface area (Å²) in [6, 6.07) is 8.66. The summed E-state index contributed by atoms with van der Waals surface area (Å²) in [7, 11) is 0. The summed E-state index contributed by atoms with van der Waals surface area (Å²) >= 11 is 0. The Kier molecular flexibility index (Phi) is 4.56. The first kappa shape index (κ1) is 14.5. The third-order valence-corrected chi connectivity index (χ3v) is 4.79. The summed E-state index contributed by atoms with van der Waals surface area (Å²) in [6.45, 7) is 4.82. The zero-order chi connectivity index (χ0) is 14.7. The summed E-state index contributed by atoms with van der Waals surface area (Å²) in [5.74, 6) is 0.261. The number of carbonyl (C=O) groups excluding carboxylic acids is 1. The van der Waals surface area contributed by atoms with Crippen molar-refractivity contribution in [2.75, 3.05) is 26.2 Å². The van der Waals surface area contributed by atoms with Gasteiger partial charge in [0.05, 0.1) is 6.42 Å². The number of hydrogen-bond donors (Lipinski definition) is 1. The summed E-state index contributed by atoms with van der Waals surface area (Å²) in [5, 5.41) is 0. The van der Waals surface area contributed by atoms with E-state index >= 15 is 0 Å². The molecule has 1 amide bonds. The summed E-state index contributed by atoms with van der Waals surface area (Å²) in [5.41, 5.74) is 7.79. The average molecular weight is 287 g/mol. The first-order valence-corrected chi connectivity index (χ1v) is 8.06. The molecule has 114 valence electrons. The van der Waals surface area contributed by atoms with Gasteiger partial charge in [-0.25, -0.2) is 0 Å². The topological polar surface area (TPSA) is 49.6 Å². The van der Waals surface area contributed by atoms with E-state index in [0.717, 1.165) is 30.6 Å². The maximum Gasteiger partial charge on any atom is 0.227 e. The Morgan fingerprint density at radius 1 is 1.10 bits per heavy atom. The van der Waals surface area contributed by atoms with Gasteiger partial charge in [-0.3, -0.25) is 9.69 Å². The highest BCUT2D eigenvalue weighted by molar-refractivity contribution is 5.79. The van der Waals surface area contributed by atoms with Crippen LogP contribution in [0.3, 0.4) is 0 Å². The van der Waals surface area contributed by atoms with Crippen LogP contribution < -0.4 is 5.73 Å². The molecule has 1 atom stereocenters. The smallest absolute Gasteiger partial charge is 0.227 e. The second-order valence-corrected chi connectivity index (χ2v) is 6.22. The standard InChI is InChI=1S/C17H25N3O/c18-12-15-5-3-14(4-6-15)11-17(21)20-10-7-16(13-20)19-8-1-2-9-19/h3-6,16H,1-2,7-13,18H2. The molecule has 2 N–H and O–H groups in total. The quantitative estimate of drug-likeness (QED) is 0.910. The van der Waals surface area contributed by atoms with E-state index in [1.165, 1.54) is 25.9 Å². The van der Waals surface area contributed by atoms with Crippen LogP contribution in [-0.4, -0.2) is 47.9 Å². The zero-order valence-corrected chi connectivity index (χ0v) is 12.6. The average Bonchev–Trinajstić information content (AvgIpc) is 3.19. The molecule has 21 heavy (non-hydrogen) atoms. The minimum Gasteiger partial charge on any atom is -0.341 e. The second-order valence-electron chi connectivity index (χ2n) is 6.22. The molecule has 2 saturated heterocycles. The van der Waals surface area contributed by atoms with Crippen LogP contribution in [0.4, 0.5) is 0 Å². The highest BCUT2D eigenvalue weighted by Crippen LogP contribution is 2.21. The van der Waals surface area contributed by atoms with E-state index in [2.05, 4.69) is 4.90 Å². The van der Waals surface area contributed by atoms with E-state index < -0.39 is 0 Å². The molecule has 1 unspecified atom stereocenters. The van der Waals surface area contributed by atoms with Crippen molar-refractivity contribution in [3.05, 3.63) is 35.4 Å². The van der Waals surface area contributed by atoms with Gasteiger partial charge in [-0.05, 0) is 43.5 Å². The van der Waals surface area contributed by atoms with Crippen LogP contribution in [-0.2, 0) is 17.8 Å². The van der Waals surface area contributed by atoms with Crippen molar-refractivity contribution in [3.63, 3.8) is 0 Å². The summed E-state index contributed by atoms with van der Waals surface area (Å²) in [6.07, 6.45) is 4.28. The lowest BCUT2D eigenvalue weighted by molar-refractivity contribution is -0.129. The fourth-order valence-electron chi connectivity index (χ4n) is 3.45. The third-order valence-electron chi connectivity index (χ3n) is 4.79. The van der Waals surface area contributed by atoms with Crippen LogP contribution in [0.25, 0.3) is 0 Å². The number of likely N-dealkylation sites (tertiary alicyclic amines) is 2. The molecule has 2 fully saturated rings. The molecule has 0 aromatic heterocycles. The molecule has 2 aliphatic heterocycles. The lowest BCUT2D eigenvalue weighted by Gasteiger charge is -2.23. The van der Waals surface area contributed by atoms with Gasteiger partial charge in [-0.15, -0.1) is 0 Å². The Bertz CT molecular complexity index is 479. The van der Waals surface area contributed by atoms with Gasteiger partial charge in [0.25, 0.3) is 0 Å². The van der Waals surface area contributed by atoms with Crippen LogP contribution >= 0.6 is 0 Å². The van der Waals surface area contributed by atoms with Gasteiger partial charge in [0.1, 0.15) is 0 Å². The van der Waals surface area contributed by atoms with E-state index in [1.807, 2.05) is 29.2 Å². The first-order valence-electron chi connectivity index (χ1n) is 8.06. The molecular formula is C17H25N3O. The van der Waals surface area contributed by atoms with Gasteiger partial charge >= 0.3 is 0 Å². The van der Waals surface area contributed by atoms with Crippen LogP contribution in [0.5, 0.6) is 0 Å². The van der Waals surface area contributed by atoms with Crippen LogP contribution in [0.1, 0.15) is 30.4 Å². The Balaban J connectivity index is 1.53. The molecule has 2 heterocycles. The molecule has 4 heteroatoms. The number of carbonyl (C=O) groups is 1. The lowest BCUT2D eigenvalue weighted by Crippen LogP contribution is -2.37.